The number of hydrogen-bond donors (Lipinski definition) is 1. The van der Waals surface area contributed by atoms with E-state index in [-0.39, 0.29) is 0 Å². The maximum absolute atomic E-state index is 9.06. The molecular weight excluding hydrogens is 182 g/mol. The standard InChI is InChI=1S/C10H11NOS/c1-11(12)7-8-2-3-10-9(6-8)4-5-13-10/h2-6,12H,7H2,1H3. The fourth-order valence-electron chi connectivity index (χ4n) is 1.38. The summed E-state index contributed by atoms with van der Waals surface area (Å²) in [5.74, 6) is 0. The Hall–Kier alpha value is -0.900. The highest BCUT2D eigenvalue weighted by atomic mass is 32.1. The van der Waals surface area contributed by atoms with Crippen LogP contribution < -0.4 is 0 Å². The van der Waals surface area contributed by atoms with Crippen LogP contribution in [0.2, 0.25) is 0 Å². The average Bonchev–Trinajstić information content (AvgIpc) is 2.49. The van der Waals surface area contributed by atoms with Crippen LogP contribution in [0.25, 0.3) is 10.1 Å². The van der Waals surface area contributed by atoms with Crippen molar-refractivity contribution in [2.24, 2.45) is 0 Å². The maximum Gasteiger partial charge on any atom is 0.0485 e. The maximum atomic E-state index is 9.06. The van der Waals surface area contributed by atoms with E-state index in [9.17, 15) is 0 Å². The lowest BCUT2D eigenvalue weighted by molar-refractivity contribution is -0.0731. The lowest BCUT2D eigenvalue weighted by Crippen LogP contribution is -2.11. The monoisotopic (exact) mass is 193 g/mol. The van der Waals surface area contributed by atoms with Crippen molar-refractivity contribution in [3.8, 4) is 0 Å². The van der Waals surface area contributed by atoms with Gasteiger partial charge >= 0.3 is 0 Å². The van der Waals surface area contributed by atoms with Crippen LogP contribution in [0.4, 0.5) is 0 Å². The molecule has 0 aliphatic carbocycles. The average molecular weight is 193 g/mol. The van der Waals surface area contributed by atoms with Gasteiger partial charge in [0.2, 0.25) is 0 Å². The predicted octanol–water partition coefficient (Wildman–Crippen LogP) is 2.72. The largest absolute Gasteiger partial charge is 0.314 e. The van der Waals surface area contributed by atoms with Gasteiger partial charge in [-0.3, -0.25) is 0 Å². The second kappa shape index (κ2) is 3.46. The Kier molecular flexibility index (Phi) is 2.31. The van der Waals surface area contributed by atoms with Crippen molar-refractivity contribution in [3.05, 3.63) is 35.2 Å². The number of benzene rings is 1. The molecule has 0 fully saturated rings. The van der Waals surface area contributed by atoms with Gasteiger partial charge in [0.05, 0.1) is 0 Å². The summed E-state index contributed by atoms with van der Waals surface area (Å²) in [7, 11) is 1.65. The Morgan fingerprint density at radius 1 is 1.38 bits per heavy atom. The molecule has 1 aromatic carbocycles. The van der Waals surface area contributed by atoms with Gasteiger partial charge in [0, 0.05) is 18.3 Å². The number of thiophene rings is 1. The van der Waals surface area contributed by atoms with Crippen LogP contribution in [0, 0.1) is 0 Å². The van der Waals surface area contributed by atoms with Gasteiger partial charge in [-0.1, -0.05) is 6.07 Å². The van der Waals surface area contributed by atoms with Crippen LogP contribution in [-0.2, 0) is 6.54 Å². The van der Waals surface area contributed by atoms with Gasteiger partial charge in [0.1, 0.15) is 0 Å². The van der Waals surface area contributed by atoms with Crippen LogP contribution >= 0.6 is 11.3 Å². The zero-order valence-electron chi connectivity index (χ0n) is 7.40. The van der Waals surface area contributed by atoms with Crippen LogP contribution in [-0.4, -0.2) is 17.3 Å². The summed E-state index contributed by atoms with van der Waals surface area (Å²) in [6.07, 6.45) is 0. The third-order valence-electron chi connectivity index (χ3n) is 1.93. The normalized spacial score (nSPS) is 11.3. The summed E-state index contributed by atoms with van der Waals surface area (Å²) in [5.41, 5.74) is 1.14. The molecule has 68 valence electrons. The van der Waals surface area contributed by atoms with Crippen LogP contribution in [0.5, 0.6) is 0 Å². The first-order valence-electron chi connectivity index (χ1n) is 4.12. The zero-order valence-corrected chi connectivity index (χ0v) is 8.21. The van der Waals surface area contributed by atoms with Crippen molar-refractivity contribution in [1.82, 2.24) is 5.06 Å². The van der Waals surface area contributed by atoms with Gasteiger partial charge in [0.25, 0.3) is 0 Å². The molecule has 1 N–H and O–H groups in total. The van der Waals surface area contributed by atoms with Gasteiger partial charge in [0.15, 0.2) is 0 Å². The molecule has 2 aromatic rings. The topological polar surface area (TPSA) is 23.5 Å². The van der Waals surface area contributed by atoms with Gasteiger partial charge in [-0.25, -0.2) is 0 Å². The Labute approximate surface area is 81.0 Å². The molecule has 13 heavy (non-hydrogen) atoms. The first-order valence-corrected chi connectivity index (χ1v) is 5.00. The highest BCUT2D eigenvalue weighted by molar-refractivity contribution is 7.17. The number of nitrogens with zero attached hydrogens (tertiary/aromatic N) is 1. The number of hydroxylamine groups is 2. The molecule has 0 bridgehead atoms. The van der Waals surface area contributed by atoms with E-state index in [0.717, 1.165) is 5.56 Å². The molecule has 0 spiro atoms. The molecule has 0 unspecified atom stereocenters. The van der Waals surface area contributed by atoms with E-state index in [1.54, 1.807) is 18.4 Å². The van der Waals surface area contributed by atoms with E-state index < -0.39 is 0 Å². The summed E-state index contributed by atoms with van der Waals surface area (Å²) in [5, 5.41) is 13.6. The third-order valence-corrected chi connectivity index (χ3v) is 2.83. The predicted molar refractivity (Wildman–Crippen MR) is 55.1 cm³/mol. The Morgan fingerprint density at radius 2 is 2.23 bits per heavy atom. The molecule has 2 rings (SSSR count). The summed E-state index contributed by atoms with van der Waals surface area (Å²) in [4.78, 5) is 0. The third kappa shape index (κ3) is 1.88. The SMILES string of the molecule is CN(O)Cc1ccc2sccc2c1. The minimum Gasteiger partial charge on any atom is -0.314 e. The van der Waals surface area contributed by atoms with Gasteiger partial charge in [-0.05, 0) is 34.5 Å². The second-order valence-electron chi connectivity index (χ2n) is 3.11. The van der Waals surface area contributed by atoms with Crippen LogP contribution in [0.1, 0.15) is 5.56 Å². The van der Waals surface area contributed by atoms with Crippen molar-refractivity contribution in [2.45, 2.75) is 6.54 Å². The fourth-order valence-corrected chi connectivity index (χ4v) is 2.15. The molecule has 1 aromatic heterocycles. The Bertz CT molecular complexity index is 408. The van der Waals surface area contributed by atoms with E-state index in [1.807, 2.05) is 6.07 Å². The van der Waals surface area contributed by atoms with E-state index in [2.05, 4.69) is 23.6 Å². The Morgan fingerprint density at radius 3 is 3.00 bits per heavy atom. The molecule has 0 saturated heterocycles. The van der Waals surface area contributed by atoms with Crippen molar-refractivity contribution < 1.29 is 5.21 Å². The lowest BCUT2D eigenvalue weighted by Gasteiger charge is -2.07. The smallest absolute Gasteiger partial charge is 0.0485 e. The molecular formula is C10H11NOS. The van der Waals surface area contributed by atoms with E-state index in [0.29, 0.717) is 6.54 Å². The lowest BCUT2D eigenvalue weighted by atomic mass is 10.2. The molecule has 1 heterocycles. The molecule has 0 atom stereocenters. The van der Waals surface area contributed by atoms with Crippen LogP contribution in [0.15, 0.2) is 29.6 Å². The molecule has 0 saturated carbocycles. The minimum atomic E-state index is 0.575. The number of rotatable bonds is 2. The summed E-state index contributed by atoms with van der Waals surface area (Å²) in [6.45, 7) is 0.575. The molecule has 3 heteroatoms. The number of fused-ring (bicyclic) bond motifs is 1. The molecule has 0 aliphatic rings. The summed E-state index contributed by atoms with van der Waals surface area (Å²) < 4.78 is 1.30. The first-order chi connectivity index (χ1) is 6.25. The first kappa shape index (κ1) is 8.69. The van der Waals surface area contributed by atoms with E-state index in [4.69, 9.17) is 5.21 Å². The van der Waals surface area contributed by atoms with Gasteiger partial charge in [-0.2, -0.15) is 5.06 Å². The quantitative estimate of drug-likeness (QED) is 0.741. The second-order valence-corrected chi connectivity index (χ2v) is 4.06. The highest BCUT2D eigenvalue weighted by Crippen LogP contribution is 2.21. The summed E-state index contributed by atoms with van der Waals surface area (Å²) in [6, 6.07) is 8.35. The number of hydrogen-bond acceptors (Lipinski definition) is 3. The van der Waals surface area contributed by atoms with Crippen molar-refractivity contribution in [1.29, 1.82) is 0 Å². The van der Waals surface area contributed by atoms with E-state index in [1.165, 1.54) is 15.1 Å². The van der Waals surface area contributed by atoms with Crippen molar-refractivity contribution in [2.75, 3.05) is 7.05 Å². The molecule has 2 nitrogen and oxygen atoms in total. The molecule has 0 aliphatic heterocycles. The van der Waals surface area contributed by atoms with Crippen molar-refractivity contribution in [3.63, 3.8) is 0 Å². The van der Waals surface area contributed by atoms with E-state index >= 15 is 0 Å². The summed E-state index contributed by atoms with van der Waals surface area (Å²) >= 11 is 1.74. The van der Waals surface area contributed by atoms with Crippen molar-refractivity contribution >= 4 is 21.4 Å². The fraction of sp³-hybridized carbons (Fsp3) is 0.200. The molecule has 0 radical (unpaired) electrons. The van der Waals surface area contributed by atoms with Gasteiger partial charge < -0.3 is 5.21 Å². The Balaban J connectivity index is 2.37. The minimum absolute atomic E-state index is 0.575. The highest BCUT2D eigenvalue weighted by Gasteiger charge is 1.99. The van der Waals surface area contributed by atoms with Crippen LogP contribution in [0.3, 0.4) is 0 Å². The zero-order chi connectivity index (χ0) is 9.26. The molecule has 0 amide bonds. The van der Waals surface area contributed by atoms with Gasteiger partial charge in [-0.15, -0.1) is 11.3 Å².